The second kappa shape index (κ2) is 5.82. The summed E-state index contributed by atoms with van der Waals surface area (Å²) in [4.78, 5) is 26.9. The average molecular weight is 263 g/mol. The van der Waals surface area contributed by atoms with Crippen LogP contribution in [-0.2, 0) is 20.7 Å². The molecule has 1 heterocycles. The maximum Gasteiger partial charge on any atom is 0.339 e. The number of carbonyl (C=O) groups excluding carboxylic acids is 2. The lowest BCUT2D eigenvalue weighted by molar-refractivity contribution is -0.147. The van der Waals surface area contributed by atoms with Crippen molar-refractivity contribution in [2.75, 3.05) is 7.11 Å². The number of rotatable bonds is 2. The van der Waals surface area contributed by atoms with Gasteiger partial charge in [-0.25, -0.2) is 4.79 Å². The molecule has 0 saturated heterocycles. The normalized spacial score (nSPS) is 18.1. The van der Waals surface area contributed by atoms with Crippen LogP contribution < -0.4 is 0 Å². The predicted octanol–water partition coefficient (Wildman–Crippen LogP) is 2.20. The molecule has 1 aliphatic rings. The maximum atomic E-state index is 11.5. The predicted molar refractivity (Wildman–Crippen MR) is 67.6 cm³/mol. The second-order valence-corrected chi connectivity index (χ2v) is 4.60. The van der Waals surface area contributed by atoms with E-state index >= 15 is 0 Å². The van der Waals surface area contributed by atoms with Crippen molar-refractivity contribution >= 4 is 11.9 Å². The molecule has 0 aliphatic heterocycles. The molecular weight excluding hydrogens is 246 g/mol. The van der Waals surface area contributed by atoms with Gasteiger partial charge in [0.2, 0.25) is 0 Å². The molecule has 1 aromatic rings. The Kier molecular flexibility index (Phi) is 4.14. The molecular formula is C14H17NO4. The molecule has 0 fully saturated rings. The van der Waals surface area contributed by atoms with Crippen LogP contribution >= 0.6 is 0 Å². The van der Waals surface area contributed by atoms with Gasteiger partial charge in [-0.05, 0) is 37.3 Å². The van der Waals surface area contributed by atoms with Gasteiger partial charge in [0, 0.05) is 13.1 Å². The molecule has 0 aromatic carbocycles. The Hall–Kier alpha value is -1.91. The highest BCUT2D eigenvalue weighted by molar-refractivity contribution is 5.89. The molecule has 0 bridgehead atoms. The Morgan fingerprint density at radius 3 is 2.84 bits per heavy atom. The highest BCUT2D eigenvalue weighted by atomic mass is 16.5. The van der Waals surface area contributed by atoms with Crippen LogP contribution in [0.2, 0.25) is 0 Å². The Morgan fingerprint density at radius 1 is 1.37 bits per heavy atom. The minimum absolute atomic E-state index is 0.304. The van der Waals surface area contributed by atoms with E-state index in [1.807, 2.05) is 0 Å². The topological polar surface area (TPSA) is 65.5 Å². The number of hydrogen-bond acceptors (Lipinski definition) is 5. The third kappa shape index (κ3) is 3.10. The van der Waals surface area contributed by atoms with E-state index in [-0.39, 0.29) is 12.1 Å². The van der Waals surface area contributed by atoms with Gasteiger partial charge in [0.05, 0.1) is 18.4 Å². The van der Waals surface area contributed by atoms with Gasteiger partial charge in [-0.1, -0.05) is 0 Å². The smallest absolute Gasteiger partial charge is 0.339 e. The third-order valence-electron chi connectivity index (χ3n) is 3.20. The van der Waals surface area contributed by atoms with Gasteiger partial charge in [-0.3, -0.25) is 9.78 Å². The second-order valence-electron chi connectivity index (χ2n) is 4.60. The molecule has 5 nitrogen and oxygen atoms in total. The van der Waals surface area contributed by atoms with Crippen LogP contribution in [-0.4, -0.2) is 24.0 Å². The Balaban J connectivity index is 2.34. The number of esters is 2. The van der Waals surface area contributed by atoms with Gasteiger partial charge >= 0.3 is 11.9 Å². The van der Waals surface area contributed by atoms with Gasteiger partial charge in [0.15, 0.2) is 0 Å². The number of fused-ring (bicyclic) bond motifs is 1. The van der Waals surface area contributed by atoms with Crippen LogP contribution in [0.5, 0.6) is 0 Å². The van der Waals surface area contributed by atoms with Crippen molar-refractivity contribution in [3.63, 3.8) is 0 Å². The van der Waals surface area contributed by atoms with E-state index in [1.54, 1.807) is 6.07 Å². The van der Waals surface area contributed by atoms with Crippen molar-refractivity contribution in [2.24, 2.45) is 0 Å². The zero-order valence-electron chi connectivity index (χ0n) is 11.1. The number of pyridine rings is 1. The zero-order valence-corrected chi connectivity index (χ0v) is 11.1. The summed E-state index contributed by atoms with van der Waals surface area (Å²) in [5.41, 5.74) is 2.16. The average Bonchev–Trinajstić information content (AvgIpc) is 2.59. The first kappa shape index (κ1) is 13.5. The summed E-state index contributed by atoms with van der Waals surface area (Å²) in [6.45, 7) is 1.40. The summed E-state index contributed by atoms with van der Waals surface area (Å²) < 4.78 is 9.99. The first-order valence-electron chi connectivity index (χ1n) is 6.36. The quantitative estimate of drug-likeness (QED) is 0.604. The molecule has 0 radical (unpaired) electrons. The van der Waals surface area contributed by atoms with E-state index in [0.717, 1.165) is 36.9 Å². The highest BCUT2D eigenvalue weighted by Gasteiger charge is 2.23. The van der Waals surface area contributed by atoms with Gasteiger partial charge in [-0.15, -0.1) is 0 Å². The summed E-state index contributed by atoms with van der Waals surface area (Å²) in [6, 6.07) is 1.79. The third-order valence-corrected chi connectivity index (χ3v) is 3.20. The fourth-order valence-corrected chi connectivity index (χ4v) is 2.34. The monoisotopic (exact) mass is 263 g/mol. The summed E-state index contributed by atoms with van der Waals surface area (Å²) in [5, 5.41) is 0. The van der Waals surface area contributed by atoms with Gasteiger partial charge in [-0.2, -0.15) is 0 Å². The first-order chi connectivity index (χ1) is 9.11. The molecule has 0 saturated carbocycles. The van der Waals surface area contributed by atoms with E-state index in [9.17, 15) is 9.59 Å². The van der Waals surface area contributed by atoms with Crippen molar-refractivity contribution in [1.29, 1.82) is 0 Å². The Morgan fingerprint density at radius 2 is 2.16 bits per heavy atom. The van der Waals surface area contributed by atoms with Crippen molar-refractivity contribution in [3.8, 4) is 0 Å². The van der Waals surface area contributed by atoms with Crippen LogP contribution in [0.25, 0.3) is 0 Å². The van der Waals surface area contributed by atoms with Gasteiger partial charge in [0.1, 0.15) is 6.10 Å². The van der Waals surface area contributed by atoms with Gasteiger partial charge < -0.3 is 9.47 Å². The SMILES string of the molecule is COC(=O)c1cnc2c(c1)CCCCC2OC(C)=O. The van der Waals surface area contributed by atoms with E-state index in [4.69, 9.17) is 4.74 Å². The minimum Gasteiger partial charge on any atom is -0.465 e. The number of methoxy groups -OCH3 is 1. The Labute approximate surface area is 111 Å². The summed E-state index contributed by atoms with van der Waals surface area (Å²) in [7, 11) is 1.34. The largest absolute Gasteiger partial charge is 0.465 e. The number of aryl methyl sites for hydroxylation is 1. The zero-order chi connectivity index (χ0) is 13.8. The van der Waals surface area contributed by atoms with Crippen molar-refractivity contribution in [3.05, 3.63) is 29.1 Å². The lowest BCUT2D eigenvalue weighted by Crippen LogP contribution is -2.12. The minimum atomic E-state index is -0.399. The van der Waals surface area contributed by atoms with E-state index in [2.05, 4.69) is 9.72 Å². The number of aromatic nitrogens is 1. The number of carbonyl (C=O) groups is 2. The summed E-state index contributed by atoms with van der Waals surface area (Å²) in [5.74, 6) is -0.708. The molecule has 1 aliphatic carbocycles. The molecule has 19 heavy (non-hydrogen) atoms. The van der Waals surface area contributed by atoms with Gasteiger partial charge in [0.25, 0.3) is 0 Å². The molecule has 102 valence electrons. The molecule has 1 unspecified atom stereocenters. The van der Waals surface area contributed by atoms with Crippen LogP contribution in [0.15, 0.2) is 12.3 Å². The van der Waals surface area contributed by atoms with Crippen molar-refractivity contribution in [1.82, 2.24) is 4.98 Å². The lowest BCUT2D eigenvalue weighted by atomic mass is 10.1. The van der Waals surface area contributed by atoms with Crippen LogP contribution in [0.3, 0.4) is 0 Å². The van der Waals surface area contributed by atoms with Crippen molar-refractivity contribution < 1.29 is 19.1 Å². The molecule has 2 rings (SSSR count). The molecule has 0 amide bonds. The number of nitrogens with zero attached hydrogens (tertiary/aromatic N) is 1. The standard InChI is InChI=1S/C14H17NO4/c1-9(16)19-12-6-4-3-5-10-7-11(14(17)18-2)8-15-13(10)12/h7-8,12H,3-6H2,1-2H3. The highest BCUT2D eigenvalue weighted by Crippen LogP contribution is 2.30. The molecule has 0 N–H and O–H groups in total. The van der Waals surface area contributed by atoms with E-state index in [1.165, 1.54) is 20.2 Å². The first-order valence-corrected chi connectivity index (χ1v) is 6.36. The maximum absolute atomic E-state index is 11.5. The molecule has 5 heteroatoms. The fourth-order valence-electron chi connectivity index (χ4n) is 2.34. The Bertz CT molecular complexity index is 498. The number of hydrogen-bond donors (Lipinski definition) is 0. The molecule has 0 spiro atoms. The lowest BCUT2D eigenvalue weighted by Gasteiger charge is -2.16. The molecule has 1 aromatic heterocycles. The van der Waals surface area contributed by atoms with E-state index < -0.39 is 5.97 Å². The van der Waals surface area contributed by atoms with Crippen LogP contribution in [0.1, 0.15) is 53.9 Å². The van der Waals surface area contributed by atoms with Crippen LogP contribution in [0.4, 0.5) is 0 Å². The molecule has 1 atom stereocenters. The summed E-state index contributed by atoms with van der Waals surface area (Å²) in [6.07, 6.45) is 4.76. The van der Waals surface area contributed by atoms with Crippen molar-refractivity contribution in [2.45, 2.75) is 38.7 Å². The van der Waals surface area contributed by atoms with Crippen LogP contribution in [0, 0.1) is 0 Å². The number of ether oxygens (including phenoxy) is 2. The fraction of sp³-hybridized carbons (Fsp3) is 0.500. The summed E-state index contributed by atoms with van der Waals surface area (Å²) >= 11 is 0. The van der Waals surface area contributed by atoms with E-state index in [0.29, 0.717) is 5.56 Å².